The monoisotopic (exact) mass is 334 g/mol. The van der Waals surface area contributed by atoms with Gasteiger partial charge < -0.3 is 9.88 Å². The maximum Gasteiger partial charge on any atom is 0.226 e. The zero-order valence-electron chi connectivity index (χ0n) is 14.6. The molecule has 0 bridgehead atoms. The average molecular weight is 334 g/mol. The van der Waals surface area contributed by atoms with Crippen LogP contribution in [0.2, 0.25) is 0 Å². The van der Waals surface area contributed by atoms with Gasteiger partial charge in [0.1, 0.15) is 0 Å². The summed E-state index contributed by atoms with van der Waals surface area (Å²) in [5.41, 5.74) is 4.95. The molecule has 5 rings (SSSR count). The highest BCUT2D eigenvalue weighted by atomic mass is 16.2. The molecule has 1 saturated carbocycles. The van der Waals surface area contributed by atoms with E-state index < -0.39 is 0 Å². The highest BCUT2D eigenvalue weighted by molar-refractivity contribution is 5.87. The van der Waals surface area contributed by atoms with Crippen LogP contribution in [0.3, 0.4) is 0 Å². The third-order valence-electron chi connectivity index (χ3n) is 5.88. The van der Waals surface area contributed by atoms with Crippen molar-refractivity contribution in [2.75, 3.05) is 6.54 Å². The normalized spacial score (nSPS) is 25.2. The third-order valence-corrected chi connectivity index (χ3v) is 5.88. The van der Waals surface area contributed by atoms with E-state index in [2.05, 4.69) is 46.2 Å². The van der Waals surface area contributed by atoms with E-state index in [1.54, 1.807) is 0 Å². The first-order valence-corrected chi connectivity index (χ1v) is 9.02. The number of rotatable bonds is 2. The molecule has 3 atom stereocenters. The van der Waals surface area contributed by atoms with Crippen LogP contribution in [0.15, 0.2) is 36.7 Å². The van der Waals surface area contributed by atoms with E-state index in [1.165, 1.54) is 27.7 Å². The number of nitrogens with zero attached hydrogens (tertiary/aromatic N) is 3. The smallest absolute Gasteiger partial charge is 0.226 e. The summed E-state index contributed by atoms with van der Waals surface area (Å²) >= 11 is 0. The van der Waals surface area contributed by atoms with Gasteiger partial charge in [0, 0.05) is 42.3 Å². The van der Waals surface area contributed by atoms with E-state index in [4.69, 9.17) is 0 Å². The van der Waals surface area contributed by atoms with Gasteiger partial charge in [0.05, 0.1) is 12.2 Å². The molecule has 1 N–H and O–H groups in total. The van der Waals surface area contributed by atoms with E-state index >= 15 is 0 Å². The Morgan fingerprint density at radius 1 is 1.32 bits per heavy atom. The standard InChI is InChI=1S/C20H22N4O/c1-12-19-15(14-5-3-4-6-18(14)22-19)7-8-24(12)20(25)17-9-16(17)13-10-21-23(2)11-13/h3-6,10-12,16-17,22H,7-9H2,1-2H3/t12-,16-,17-/m1/s1. The van der Waals surface area contributed by atoms with Crippen molar-refractivity contribution in [3.8, 4) is 0 Å². The predicted octanol–water partition coefficient (Wildman–Crippen LogP) is 3.15. The van der Waals surface area contributed by atoms with Crippen LogP contribution in [0.5, 0.6) is 0 Å². The second kappa shape index (κ2) is 5.22. The summed E-state index contributed by atoms with van der Waals surface area (Å²) < 4.78 is 1.81. The first kappa shape index (κ1) is 14.8. The lowest BCUT2D eigenvalue weighted by Crippen LogP contribution is -2.39. The lowest BCUT2D eigenvalue weighted by atomic mass is 9.97. The van der Waals surface area contributed by atoms with Crippen molar-refractivity contribution in [1.82, 2.24) is 19.7 Å². The van der Waals surface area contributed by atoms with Crippen LogP contribution in [-0.4, -0.2) is 32.1 Å². The van der Waals surface area contributed by atoms with Gasteiger partial charge in [-0.05, 0) is 42.9 Å². The summed E-state index contributed by atoms with van der Waals surface area (Å²) in [4.78, 5) is 18.7. The SMILES string of the molecule is C[C@@H]1c2[nH]c3ccccc3c2CCN1C(=O)[C@@H]1C[C@@H]1c1cnn(C)c1. The Labute approximate surface area is 146 Å². The number of para-hydroxylation sites is 1. The third kappa shape index (κ3) is 2.22. The van der Waals surface area contributed by atoms with Crippen molar-refractivity contribution < 1.29 is 4.79 Å². The lowest BCUT2D eigenvalue weighted by molar-refractivity contribution is -0.135. The molecule has 2 aliphatic rings. The number of nitrogens with one attached hydrogen (secondary N) is 1. The second-order valence-electron chi connectivity index (χ2n) is 7.42. The fourth-order valence-electron chi connectivity index (χ4n) is 4.41. The van der Waals surface area contributed by atoms with Crippen LogP contribution < -0.4 is 0 Å². The molecule has 5 nitrogen and oxygen atoms in total. The Morgan fingerprint density at radius 2 is 2.16 bits per heavy atom. The Balaban J connectivity index is 1.40. The molecule has 3 heterocycles. The number of hydrogen-bond acceptors (Lipinski definition) is 2. The summed E-state index contributed by atoms with van der Waals surface area (Å²) in [6.07, 6.45) is 5.81. The minimum atomic E-state index is 0.110. The predicted molar refractivity (Wildman–Crippen MR) is 96.2 cm³/mol. The van der Waals surface area contributed by atoms with Crippen molar-refractivity contribution in [3.05, 3.63) is 53.5 Å². The molecule has 1 aromatic carbocycles. The van der Waals surface area contributed by atoms with E-state index in [9.17, 15) is 4.79 Å². The number of H-pyrrole nitrogens is 1. The number of amides is 1. The van der Waals surface area contributed by atoms with Crippen molar-refractivity contribution in [1.29, 1.82) is 0 Å². The molecule has 128 valence electrons. The van der Waals surface area contributed by atoms with Crippen LogP contribution in [0.25, 0.3) is 10.9 Å². The summed E-state index contributed by atoms with van der Waals surface area (Å²) in [6.45, 7) is 2.96. The molecule has 25 heavy (non-hydrogen) atoms. The molecular weight excluding hydrogens is 312 g/mol. The van der Waals surface area contributed by atoms with Crippen LogP contribution in [0.1, 0.15) is 42.1 Å². The van der Waals surface area contributed by atoms with Gasteiger partial charge in [-0.1, -0.05) is 18.2 Å². The molecule has 2 aromatic heterocycles. The Morgan fingerprint density at radius 3 is 2.96 bits per heavy atom. The summed E-state index contributed by atoms with van der Waals surface area (Å²) in [7, 11) is 1.92. The number of aromatic nitrogens is 3. The van der Waals surface area contributed by atoms with Gasteiger partial charge in [-0.15, -0.1) is 0 Å². The first-order valence-electron chi connectivity index (χ1n) is 9.02. The topological polar surface area (TPSA) is 53.9 Å². The molecule has 0 radical (unpaired) electrons. The quantitative estimate of drug-likeness (QED) is 0.783. The molecule has 1 fully saturated rings. The van der Waals surface area contributed by atoms with Crippen molar-refractivity contribution >= 4 is 16.8 Å². The number of carbonyl (C=O) groups excluding carboxylic acids is 1. The summed E-state index contributed by atoms with van der Waals surface area (Å²) in [5, 5.41) is 5.54. The molecule has 1 aliphatic carbocycles. The van der Waals surface area contributed by atoms with Gasteiger partial charge in [-0.3, -0.25) is 9.48 Å². The molecular formula is C20H22N4O. The highest BCUT2D eigenvalue weighted by Gasteiger charge is 2.47. The molecule has 5 heteroatoms. The number of carbonyl (C=O) groups is 1. The van der Waals surface area contributed by atoms with E-state index in [0.717, 1.165) is 19.4 Å². The molecule has 0 saturated heterocycles. The second-order valence-corrected chi connectivity index (χ2v) is 7.42. The zero-order chi connectivity index (χ0) is 17.1. The van der Waals surface area contributed by atoms with E-state index in [-0.39, 0.29) is 12.0 Å². The Hall–Kier alpha value is -2.56. The van der Waals surface area contributed by atoms with Crippen molar-refractivity contribution in [2.45, 2.75) is 31.7 Å². The van der Waals surface area contributed by atoms with Gasteiger partial charge in [-0.2, -0.15) is 5.10 Å². The minimum absolute atomic E-state index is 0.110. The number of aryl methyl sites for hydroxylation is 1. The largest absolute Gasteiger partial charge is 0.356 e. The van der Waals surface area contributed by atoms with Crippen molar-refractivity contribution in [3.63, 3.8) is 0 Å². The molecule has 3 aromatic rings. The Bertz CT molecular complexity index is 969. The van der Waals surface area contributed by atoms with Gasteiger partial charge in [0.25, 0.3) is 0 Å². The molecule has 0 spiro atoms. The molecule has 1 aliphatic heterocycles. The minimum Gasteiger partial charge on any atom is -0.356 e. The van der Waals surface area contributed by atoms with Crippen LogP contribution >= 0.6 is 0 Å². The van der Waals surface area contributed by atoms with Crippen molar-refractivity contribution in [2.24, 2.45) is 13.0 Å². The van der Waals surface area contributed by atoms with Crippen LogP contribution in [-0.2, 0) is 18.3 Å². The number of benzene rings is 1. The van der Waals surface area contributed by atoms with Gasteiger partial charge in [-0.25, -0.2) is 0 Å². The van der Waals surface area contributed by atoms with E-state index in [0.29, 0.717) is 11.8 Å². The summed E-state index contributed by atoms with van der Waals surface area (Å²) in [5.74, 6) is 0.765. The summed E-state index contributed by atoms with van der Waals surface area (Å²) in [6, 6.07) is 8.54. The maximum atomic E-state index is 13.1. The number of aromatic amines is 1. The maximum absolute atomic E-state index is 13.1. The number of fused-ring (bicyclic) bond motifs is 3. The fraction of sp³-hybridized carbons (Fsp3) is 0.400. The molecule has 0 unspecified atom stereocenters. The molecule has 1 amide bonds. The van der Waals surface area contributed by atoms with Crippen LogP contribution in [0, 0.1) is 5.92 Å². The average Bonchev–Trinajstić information content (AvgIpc) is 3.15. The fourth-order valence-corrected chi connectivity index (χ4v) is 4.41. The lowest BCUT2D eigenvalue weighted by Gasteiger charge is -2.34. The van der Waals surface area contributed by atoms with Crippen LogP contribution in [0.4, 0.5) is 0 Å². The van der Waals surface area contributed by atoms with Gasteiger partial charge in [0.2, 0.25) is 5.91 Å². The zero-order valence-corrected chi connectivity index (χ0v) is 14.6. The van der Waals surface area contributed by atoms with Gasteiger partial charge >= 0.3 is 0 Å². The first-order chi connectivity index (χ1) is 12.1. The Kier molecular flexibility index (Phi) is 3.08. The van der Waals surface area contributed by atoms with Gasteiger partial charge in [0.15, 0.2) is 0 Å². The van der Waals surface area contributed by atoms with E-state index in [1.807, 2.05) is 24.1 Å². The number of hydrogen-bond donors (Lipinski definition) is 1. The highest BCUT2D eigenvalue weighted by Crippen LogP contribution is 2.49.